The number of nitrogens with zero attached hydrogens (tertiary/aromatic N) is 2. The molecule has 1 aromatic heterocycles. The molecule has 1 fully saturated rings. The van der Waals surface area contributed by atoms with E-state index in [-0.39, 0.29) is 44.0 Å². The van der Waals surface area contributed by atoms with Crippen molar-refractivity contribution in [3.63, 3.8) is 0 Å². The lowest BCUT2D eigenvalue weighted by molar-refractivity contribution is -0.135. The normalized spacial score (nSPS) is 21.5. The second-order valence-corrected chi connectivity index (χ2v) is 10.2. The van der Waals surface area contributed by atoms with Crippen LogP contribution < -0.4 is 26.4 Å². The fraction of sp³-hybridized carbons (Fsp3) is 0.379. The van der Waals surface area contributed by atoms with E-state index in [1.54, 1.807) is 43.4 Å². The van der Waals surface area contributed by atoms with E-state index in [2.05, 4.69) is 16.0 Å². The van der Waals surface area contributed by atoms with Crippen molar-refractivity contribution in [3.05, 3.63) is 70.7 Å². The summed E-state index contributed by atoms with van der Waals surface area (Å²) in [6.07, 6.45) is 5.75. The largest absolute Gasteiger partial charge is 0.489 e. The van der Waals surface area contributed by atoms with Crippen molar-refractivity contribution in [2.24, 2.45) is 12.5 Å². The van der Waals surface area contributed by atoms with Crippen LogP contribution in [0.4, 0.5) is 5.69 Å². The van der Waals surface area contributed by atoms with Crippen LogP contribution in [0.1, 0.15) is 29.6 Å². The first-order valence-electron chi connectivity index (χ1n) is 13.4. The molecule has 2 aliphatic heterocycles. The molecule has 11 nitrogen and oxygen atoms in total. The highest BCUT2D eigenvalue weighted by Crippen LogP contribution is 2.34. The second kappa shape index (κ2) is 11.8. The van der Waals surface area contributed by atoms with Gasteiger partial charge in [0.15, 0.2) is 5.58 Å². The van der Waals surface area contributed by atoms with Gasteiger partial charge in [0.05, 0.1) is 23.0 Å². The summed E-state index contributed by atoms with van der Waals surface area (Å²) in [5, 5.41) is 8.70. The van der Waals surface area contributed by atoms with Crippen LogP contribution in [0.5, 0.6) is 5.75 Å². The van der Waals surface area contributed by atoms with Crippen LogP contribution >= 0.6 is 0 Å². The highest BCUT2D eigenvalue weighted by Gasteiger charge is 2.41. The van der Waals surface area contributed by atoms with Gasteiger partial charge in [0.25, 0.3) is 5.91 Å². The molecule has 3 N–H and O–H groups in total. The maximum absolute atomic E-state index is 13.5. The van der Waals surface area contributed by atoms with E-state index >= 15 is 0 Å². The molecule has 2 aliphatic rings. The molecule has 40 heavy (non-hydrogen) atoms. The number of nitrogens with one attached hydrogen (secondary N) is 3. The average molecular weight is 548 g/mol. The lowest BCUT2D eigenvalue weighted by Gasteiger charge is -2.41. The number of fused-ring (bicyclic) bond motifs is 2. The molecular formula is C29H33N5O6. The molecule has 0 radical (unpaired) electrons. The van der Waals surface area contributed by atoms with Crippen molar-refractivity contribution in [1.82, 2.24) is 20.1 Å². The van der Waals surface area contributed by atoms with E-state index in [4.69, 9.17) is 9.15 Å². The van der Waals surface area contributed by atoms with Gasteiger partial charge in [-0.25, -0.2) is 4.79 Å². The standard InChI is InChI=1S/C29H33N5O6/c1-33-22-10-9-20(17-24(22)40-28(33)38)32-25(35)18-34-15-6-12-29(19-34)11-4-5-16-39-23-8-3-2-7-21(23)26(36)30-13-14-31-27(29)37/h2-5,7-10,17H,6,11-16,18-19H2,1H3,(H,30,36)(H,31,37)(H,32,35)/b5-4-. The van der Waals surface area contributed by atoms with Crippen molar-refractivity contribution in [2.75, 3.05) is 44.6 Å². The van der Waals surface area contributed by atoms with Crippen molar-refractivity contribution >= 4 is 34.5 Å². The van der Waals surface area contributed by atoms with E-state index in [0.29, 0.717) is 54.0 Å². The Bertz CT molecular complexity index is 1510. The van der Waals surface area contributed by atoms with Crippen molar-refractivity contribution in [2.45, 2.75) is 19.3 Å². The molecule has 210 valence electrons. The number of piperidine rings is 1. The van der Waals surface area contributed by atoms with Gasteiger partial charge in [-0.15, -0.1) is 0 Å². The zero-order valence-corrected chi connectivity index (χ0v) is 22.4. The zero-order chi connectivity index (χ0) is 28.1. The molecule has 1 atom stereocenters. The Morgan fingerprint density at radius 3 is 2.77 bits per heavy atom. The minimum Gasteiger partial charge on any atom is -0.489 e. The van der Waals surface area contributed by atoms with Crippen LogP contribution in [0.2, 0.25) is 0 Å². The average Bonchev–Trinajstić information content (AvgIpc) is 3.22. The number of carbonyl (C=O) groups is 3. The molecule has 0 aliphatic carbocycles. The summed E-state index contributed by atoms with van der Waals surface area (Å²) < 4.78 is 12.5. The second-order valence-electron chi connectivity index (χ2n) is 10.2. The summed E-state index contributed by atoms with van der Waals surface area (Å²) in [5.74, 6) is -0.542. The number of benzene rings is 2. The van der Waals surface area contributed by atoms with Crippen molar-refractivity contribution in [1.29, 1.82) is 0 Å². The van der Waals surface area contributed by atoms with Gasteiger partial charge in [0.2, 0.25) is 11.8 Å². The summed E-state index contributed by atoms with van der Waals surface area (Å²) >= 11 is 0. The lowest BCUT2D eigenvalue weighted by Crippen LogP contribution is -2.53. The summed E-state index contributed by atoms with van der Waals surface area (Å²) in [5.41, 5.74) is 1.30. The molecule has 3 aromatic rings. The minimum atomic E-state index is -0.715. The summed E-state index contributed by atoms with van der Waals surface area (Å²) in [4.78, 5) is 52.8. The number of hydrogen-bond acceptors (Lipinski definition) is 7. The number of aryl methyl sites for hydroxylation is 1. The first kappa shape index (κ1) is 27.2. The third-order valence-electron chi connectivity index (χ3n) is 7.42. The first-order chi connectivity index (χ1) is 19.3. The van der Waals surface area contributed by atoms with Gasteiger partial charge in [-0.2, -0.15) is 0 Å². The molecular weight excluding hydrogens is 514 g/mol. The predicted octanol–water partition coefficient (Wildman–Crippen LogP) is 2.04. The van der Waals surface area contributed by atoms with Gasteiger partial charge in [-0.1, -0.05) is 24.3 Å². The highest BCUT2D eigenvalue weighted by atomic mass is 16.5. The van der Waals surface area contributed by atoms with Crippen LogP contribution in [0.15, 0.2) is 63.8 Å². The Hall–Kier alpha value is -4.38. The quantitative estimate of drug-likeness (QED) is 0.427. The number of para-hydroxylation sites is 1. The number of rotatable bonds is 3. The Kier molecular flexibility index (Phi) is 8.01. The van der Waals surface area contributed by atoms with Crippen LogP contribution in [-0.4, -0.2) is 66.5 Å². The SMILES string of the molecule is Cn1c(=O)oc2cc(NC(=O)CN3CCCC4(C/C=C\COc5ccccc5C(=O)NCCNC4=O)C3)ccc21. The van der Waals surface area contributed by atoms with Gasteiger partial charge >= 0.3 is 5.76 Å². The maximum atomic E-state index is 13.5. The number of oxazole rings is 1. The number of amides is 3. The van der Waals surface area contributed by atoms with Crippen molar-refractivity contribution in [3.8, 4) is 5.75 Å². The van der Waals surface area contributed by atoms with Crippen molar-refractivity contribution < 1.29 is 23.5 Å². The number of likely N-dealkylation sites (tertiary alicyclic amines) is 1. The Morgan fingerprint density at radius 1 is 1.07 bits per heavy atom. The summed E-state index contributed by atoms with van der Waals surface area (Å²) in [7, 11) is 1.62. The molecule has 0 bridgehead atoms. The zero-order valence-electron chi connectivity index (χ0n) is 22.4. The molecule has 3 heterocycles. The Labute approximate surface area is 231 Å². The van der Waals surface area contributed by atoms with E-state index in [1.807, 2.05) is 23.1 Å². The Balaban J connectivity index is 1.25. The number of ether oxygens (including phenoxy) is 1. The van der Waals surface area contributed by atoms with Gasteiger partial charge < -0.3 is 25.1 Å². The molecule has 2 aromatic carbocycles. The molecule has 1 spiro atoms. The number of allylic oxidation sites excluding steroid dienone is 1. The molecule has 11 heteroatoms. The summed E-state index contributed by atoms with van der Waals surface area (Å²) in [6, 6.07) is 12.1. The fourth-order valence-corrected chi connectivity index (χ4v) is 5.35. The van der Waals surface area contributed by atoms with Crippen LogP contribution in [0, 0.1) is 5.41 Å². The van der Waals surface area contributed by atoms with E-state index in [9.17, 15) is 19.2 Å². The topological polar surface area (TPSA) is 135 Å². The van der Waals surface area contributed by atoms with E-state index in [0.717, 1.165) is 6.42 Å². The van der Waals surface area contributed by atoms with Crippen LogP contribution in [0.25, 0.3) is 11.1 Å². The summed E-state index contributed by atoms with van der Waals surface area (Å²) in [6.45, 7) is 2.06. The Morgan fingerprint density at radius 2 is 1.90 bits per heavy atom. The molecule has 5 rings (SSSR count). The predicted molar refractivity (Wildman–Crippen MR) is 149 cm³/mol. The van der Waals surface area contributed by atoms with Gasteiger partial charge in [0, 0.05) is 38.4 Å². The maximum Gasteiger partial charge on any atom is 0.419 e. The molecule has 3 amide bonds. The van der Waals surface area contributed by atoms with E-state index in [1.165, 1.54) is 4.57 Å². The molecule has 1 saturated heterocycles. The van der Waals surface area contributed by atoms with E-state index < -0.39 is 11.2 Å². The van der Waals surface area contributed by atoms with Crippen LogP contribution in [-0.2, 0) is 16.6 Å². The molecule has 1 unspecified atom stereocenters. The monoisotopic (exact) mass is 547 g/mol. The number of carbonyl (C=O) groups excluding carboxylic acids is 3. The minimum absolute atomic E-state index is 0.0977. The number of anilines is 1. The lowest BCUT2D eigenvalue weighted by atomic mass is 9.76. The fourth-order valence-electron chi connectivity index (χ4n) is 5.35. The van der Waals surface area contributed by atoms with Gasteiger partial charge in [-0.05, 0) is 50.1 Å². The first-order valence-corrected chi connectivity index (χ1v) is 13.4. The smallest absolute Gasteiger partial charge is 0.419 e. The third-order valence-corrected chi connectivity index (χ3v) is 7.42. The van der Waals surface area contributed by atoms with Gasteiger partial charge in [-0.3, -0.25) is 23.9 Å². The highest BCUT2D eigenvalue weighted by molar-refractivity contribution is 5.97. The molecule has 0 saturated carbocycles. The van der Waals surface area contributed by atoms with Crippen LogP contribution in [0.3, 0.4) is 0 Å². The number of aromatic nitrogens is 1. The third kappa shape index (κ3) is 5.94. The number of hydrogen-bond donors (Lipinski definition) is 3. The van der Waals surface area contributed by atoms with Gasteiger partial charge in [0.1, 0.15) is 12.4 Å².